The highest BCUT2D eigenvalue weighted by Crippen LogP contribution is 2.37. The van der Waals surface area contributed by atoms with Crippen molar-refractivity contribution < 1.29 is 27.9 Å². The van der Waals surface area contributed by atoms with Crippen LogP contribution in [0.4, 0.5) is 24.7 Å². The number of hydrogen-bond donors (Lipinski definition) is 3. The van der Waals surface area contributed by atoms with Crippen LogP contribution >= 0.6 is 0 Å². The number of aliphatic hydroxyl groups is 1. The van der Waals surface area contributed by atoms with E-state index in [4.69, 9.17) is 5.26 Å². The van der Waals surface area contributed by atoms with Crippen LogP contribution in [0.5, 0.6) is 0 Å². The Hall–Kier alpha value is -5.01. The Kier molecular flexibility index (Phi) is 7.89. The lowest BCUT2D eigenvalue weighted by atomic mass is 10.1. The van der Waals surface area contributed by atoms with E-state index in [9.17, 15) is 27.9 Å². The number of aryl methyl sites for hydroxylation is 1. The summed E-state index contributed by atoms with van der Waals surface area (Å²) in [6, 6.07) is 6.56. The summed E-state index contributed by atoms with van der Waals surface area (Å²) < 4.78 is 43.7. The number of aromatic nitrogens is 5. The summed E-state index contributed by atoms with van der Waals surface area (Å²) in [5.74, 6) is 0.0645. The van der Waals surface area contributed by atoms with Crippen LogP contribution in [-0.2, 0) is 17.5 Å². The SMILES string of the molecule is Cc1cc(Nc2nccn3c(-c4cn(CC#N)nc4C(F)(F)F)cnc23)ccc1C(=O)N1CCN(C(=O)[C@H]2C[C@H](O)CN2)CC1. The van der Waals surface area contributed by atoms with Crippen molar-refractivity contribution in [3.05, 3.63) is 59.8 Å². The van der Waals surface area contributed by atoms with Crippen LogP contribution in [0.15, 0.2) is 43.0 Å². The molecule has 45 heavy (non-hydrogen) atoms. The fraction of sp³-hybridized carbons (Fsp3) is 0.379. The molecule has 2 aliphatic rings. The highest BCUT2D eigenvalue weighted by Gasteiger charge is 2.38. The number of amides is 2. The number of carbonyl (C=O) groups is 2. The lowest BCUT2D eigenvalue weighted by Crippen LogP contribution is -2.54. The summed E-state index contributed by atoms with van der Waals surface area (Å²) in [5, 5.41) is 28.4. The van der Waals surface area contributed by atoms with Gasteiger partial charge in [0.15, 0.2) is 17.2 Å². The van der Waals surface area contributed by atoms with Gasteiger partial charge in [0, 0.05) is 62.6 Å². The number of imidazole rings is 1. The normalized spacial score (nSPS) is 18.8. The third kappa shape index (κ3) is 5.91. The molecule has 0 radical (unpaired) electrons. The maximum atomic E-state index is 13.8. The van der Waals surface area contributed by atoms with Gasteiger partial charge in [-0.2, -0.15) is 23.5 Å². The van der Waals surface area contributed by atoms with Gasteiger partial charge < -0.3 is 25.5 Å². The van der Waals surface area contributed by atoms with Crippen molar-refractivity contribution >= 4 is 29.0 Å². The topological polar surface area (TPSA) is 157 Å². The maximum absolute atomic E-state index is 13.8. The third-order valence-corrected chi connectivity index (χ3v) is 7.97. The summed E-state index contributed by atoms with van der Waals surface area (Å²) in [5.41, 5.74) is 0.839. The van der Waals surface area contributed by atoms with Crippen LogP contribution in [-0.4, -0.2) is 95.7 Å². The van der Waals surface area contributed by atoms with E-state index in [0.717, 1.165) is 10.9 Å². The molecule has 0 unspecified atom stereocenters. The van der Waals surface area contributed by atoms with Gasteiger partial charge in [-0.1, -0.05) is 0 Å². The second kappa shape index (κ2) is 11.8. The standard InChI is InChI=1S/C29H29F3N10O3/c1-17-12-18(2-3-20(17)27(44)39-8-10-40(11-9-39)28(45)22-13-19(43)14-35-22)37-25-26-36-15-23(42(26)7-5-34-25)21-16-41(6-4-33)38-24(21)29(30,31)32/h2-3,5,7,12,15-16,19,22,35,43H,6,8-11,13-14H2,1H3,(H,34,37)/t19-,22+/m0/s1. The number of nitrogens with one attached hydrogen (secondary N) is 2. The Morgan fingerprint density at radius 3 is 2.60 bits per heavy atom. The largest absolute Gasteiger partial charge is 0.435 e. The van der Waals surface area contributed by atoms with Crippen LogP contribution < -0.4 is 10.6 Å². The van der Waals surface area contributed by atoms with Gasteiger partial charge in [0.2, 0.25) is 5.91 Å². The number of anilines is 2. The Morgan fingerprint density at radius 1 is 1.18 bits per heavy atom. The highest BCUT2D eigenvalue weighted by molar-refractivity contribution is 5.96. The molecule has 0 bridgehead atoms. The lowest BCUT2D eigenvalue weighted by molar-refractivity contribution is -0.141. The van der Waals surface area contributed by atoms with Crippen molar-refractivity contribution in [1.29, 1.82) is 5.26 Å². The van der Waals surface area contributed by atoms with Crippen LogP contribution in [0.25, 0.3) is 16.9 Å². The van der Waals surface area contributed by atoms with E-state index in [1.54, 1.807) is 41.0 Å². The minimum absolute atomic E-state index is 0.0617. The number of fused-ring (bicyclic) bond motifs is 1. The van der Waals surface area contributed by atoms with Crippen molar-refractivity contribution in [1.82, 2.24) is 39.3 Å². The average Bonchev–Trinajstić information content (AvgIpc) is 3.75. The summed E-state index contributed by atoms with van der Waals surface area (Å²) in [6.45, 7) is 3.44. The molecule has 2 amide bonds. The first-order chi connectivity index (χ1) is 21.5. The van der Waals surface area contributed by atoms with Gasteiger partial charge in [-0.05, 0) is 37.1 Å². The number of aliphatic hydroxyl groups excluding tert-OH is 1. The van der Waals surface area contributed by atoms with Crippen molar-refractivity contribution in [2.24, 2.45) is 0 Å². The first kappa shape index (κ1) is 30.0. The highest BCUT2D eigenvalue weighted by atomic mass is 19.4. The van der Waals surface area contributed by atoms with E-state index in [0.29, 0.717) is 56.0 Å². The number of halogens is 3. The number of nitriles is 1. The van der Waals surface area contributed by atoms with Gasteiger partial charge in [-0.15, -0.1) is 0 Å². The quantitative estimate of drug-likeness (QED) is 0.293. The molecule has 4 aromatic rings. The molecule has 6 rings (SSSR count). The molecule has 2 saturated heterocycles. The van der Waals surface area contributed by atoms with Gasteiger partial charge in [-0.3, -0.25) is 18.7 Å². The molecule has 0 spiro atoms. The molecular formula is C29H29F3N10O3. The molecule has 16 heteroatoms. The zero-order valence-corrected chi connectivity index (χ0v) is 24.1. The number of piperazine rings is 1. The number of nitrogens with zero attached hydrogens (tertiary/aromatic N) is 8. The van der Waals surface area contributed by atoms with Crippen LogP contribution in [0.3, 0.4) is 0 Å². The number of alkyl halides is 3. The zero-order chi connectivity index (χ0) is 31.9. The molecule has 13 nitrogen and oxygen atoms in total. The minimum atomic E-state index is -4.74. The smallest absolute Gasteiger partial charge is 0.392 e. The van der Waals surface area contributed by atoms with E-state index >= 15 is 0 Å². The Bertz CT molecular complexity index is 1800. The van der Waals surface area contributed by atoms with Crippen molar-refractivity contribution in [2.75, 3.05) is 38.0 Å². The predicted molar refractivity (Wildman–Crippen MR) is 154 cm³/mol. The first-order valence-electron chi connectivity index (χ1n) is 14.2. The van der Waals surface area contributed by atoms with Crippen LogP contribution in [0, 0.1) is 18.3 Å². The molecule has 0 aliphatic carbocycles. The van der Waals surface area contributed by atoms with E-state index in [1.165, 1.54) is 23.0 Å². The molecule has 2 atom stereocenters. The molecule has 0 saturated carbocycles. The lowest BCUT2D eigenvalue weighted by Gasteiger charge is -2.36. The number of β-amino-alcohol motifs (C(OH)–C–C–N with tert-alkyl or cyclic N) is 1. The number of hydrogen-bond acceptors (Lipinski definition) is 9. The molecule has 1 aromatic carbocycles. The number of carbonyl (C=O) groups excluding carboxylic acids is 2. The molecule has 2 fully saturated rings. The summed E-state index contributed by atoms with van der Waals surface area (Å²) in [6.07, 6.45) is 0.481. The fourth-order valence-corrected chi connectivity index (χ4v) is 5.72. The van der Waals surface area contributed by atoms with Gasteiger partial charge in [0.1, 0.15) is 6.54 Å². The van der Waals surface area contributed by atoms with E-state index in [1.807, 2.05) is 0 Å². The van der Waals surface area contributed by atoms with Crippen molar-refractivity contribution in [3.8, 4) is 17.3 Å². The molecular weight excluding hydrogens is 593 g/mol. The van der Waals surface area contributed by atoms with Gasteiger partial charge >= 0.3 is 6.18 Å². The van der Waals surface area contributed by atoms with E-state index in [2.05, 4.69) is 25.7 Å². The Balaban J connectivity index is 1.17. The first-order valence-corrected chi connectivity index (χ1v) is 14.2. The Labute approximate surface area is 254 Å². The van der Waals surface area contributed by atoms with Crippen molar-refractivity contribution in [2.45, 2.75) is 38.2 Å². The molecule has 2 aliphatic heterocycles. The van der Waals surface area contributed by atoms with Crippen molar-refractivity contribution in [3.63, 3.8) is 0 Å². The molecule has 3 N–H and O–H groups in total. The average molecular weight is 623 g/mol. The second-order valence-corrected chi connectivity index (χ2v) is 11.0. The maximum Gasteiger partial charge on any atom is 0.435 e. The van der Waals surface area contributed by atoms with Crippen LogP contribution in [0.1, 0.15) is 28.0 Å². The summed E-state index contributed by atoms with van der Waals surface area (Å²) in [4.78, 5) is 38.1. The molecule has 234 valence electrons. The molecule has 5 heterocycles. The predicted octanol–water partition coefficient (Wildman–Crippen LogP) is 2.19. The monoisotopic (exact) mass is 622 g/mol. The summed E-state index contributed by atoms with van der Waals surface area (Å²) in [7, 11) is 0. The third-order valence-electron chi connectivity index (χ3n) is 7.97. The number of rotatable bonds is 6. The zero-order valence-electron chi connectivity index (χ0n) is 24.1. The summed E-state index contributed by atoms with van der Waals surface area (Å²) >= 11 is 0. The van der Waals surface area contributed by atoms with Gasteiger partial charge in [0.25, 0.3) is 5.91 Å². The minimum Gasteiger partial charge on any atom is -0.392 e. The second-order valence-electron chi connectivity index (χ2n) is 11.0. The van der Waals surface area contributed by atoms with Gasteiger partial charge in [-0.25, -0.2) is 9.97 Å². The van der Waals surface area contributed by atoms with E-state index in [-0.39, 0.29) is 41.1 Å². The van der Waals surface area contributed by atoms with Crippen LogP contribution in [0.2, 0.25) is 0 Å². The Morgan fingerprint density at radius 2 is 1.93 bits per heavy atom. The van der Waals surface area contributed by atoms with E-state index < -0.39 is 24.0 Å². The number of benzene rings is 1. The fourth-order valence-electron chi connectivity index (χ4n) is 5.72. The van der Waals surface area contributed by atoms with Gasteiger partial charge in [0.05, 0.1) is 35.7 Å². The molecule has 3 aromatic heterocycles.